The van der Waals surface area contributed by atoms with Gasteiger partial charge in [0.25, 0.3) is 5.69 Å². The Morgan fingerprint density at radius 1 is 1.47 bits per heavy atom. The van der Waals surface area contributed by atoms with E-state index in [0.29, 0.717) is 17.3 Å². The van der Waals surface area contributed by atoms with Crippen molar-refractivity contribution in [3.8, 4) is 0 Å². The van der Waals surface area contributed by atoms with Crippen molar-refractivity contribution in [3.05, 3.63) is 45.8 Å². The minimum absolute atomic E-state index is 0.0973. The molecule has 2 rings (SSSR count). The number of aliphatic imine (C=N–C) groups is 1. The number of benzene rings is 1. The summed E-state index contributed by atoms with van der Waals surface area (Å²) >= 11 is 1.29. The summed E-state index contributed by atoms with van der Waals surface area (Å²) in [5.41, 5.74) is 1.08. The Morgan fingerprint density at radius 2 is 2.21 bits per heavy atom. The van der Waals surface area contributed by atoms with Gasteiger partial charge in [-0.3, -0.25) is 14.4 Å². The molecule has 0 aromatic heterocycles. The van der Waals surface area contributed by atoms with Crippen molar-refractivity contribution in [2.75, 3.05) is 13.7 Å². The SMILES string of the molecule is COC1=C(C)CN(Sc2ccccc2[N+](=O)[O-])C=N1. The molecule has 0 radical (unpaired) electrons. The molecule has 0 saturated carbocycles. The van der Waals surface area contributed by atoms with E-state index in [1.54, 1.807) is 31.6 Å². The van der Waals surface area contributed by atoms with Gasteiger partial charge in [-0.2, -0.15) is 0 Å². The number of rotatable bonds is 4. The smallest absolute Gasteiger partial charge is 0.284 e. The Labute approximate surface area is 115 Å². The van der Waals surface area contributed by atoms with Gasteiger partial charge in [0.1, 0.15) is 11.2 Å². The summed E-state index contributed by atoms with van der Waals surface area (Å²) in [5, 5.41) is 10.9. The predicted molar refractivity (Wildman–Crippen MR) is 73.9 cm³/mol. The van der Waals surface area contributed by atoms with Crippen LogP contribution in [0.25, 0.3) is 0 Å². The van der Waals surface area contributed by atoms with Crippen LogP contribution in [0.1, 0.15) is 6.92 Å². The highest BCUT2D eigenvalue weighted by Gasteiger charge is 2.18. The number of nitrogens with zero attached hydrogens (tertiary/aromatic N) is 3. The molecule has 0 fully saturated rings. The van der Waals surface area contributed by atoms with Crippen LogP contribution in [0.4, 0.5) is 5.69 Å². The van der Waals surface area contributed by atoms with Crippen molar-refractivity contribution in [2.24, 2.45) is 4.99 Å². The number of methoxy groups -OCH3 is 1. The number of nitro groups is 1. The highest BCUT2D eigenvalue weighted by molar-refractivity contribution is 7.97. The third kappa shape index (κ3) is 3.05. The molecule has 0 amide bonds. The number of hydrogen-bond donors (Lipinski definition) is 0. The van der Waals surface area contributed by atoms with Gasteiger partial charge in [-0.1, -0.05) is 12.1 Å². The first-order chi connectivity index (χ1) is 9.11. The summed E-state index contributed by atoms with van der Waals surface area (Å²) in [4.78, 5) is 15.3. The van der Waals surface area contributed by atoms with Crippen molar-refractivity contribution in [3.63, 3.8) is 0 Å². The van der Waals surface area contributed by atoms with Crippen LogP contribution in [0.5, 0.6) is 0 Å². The van der Waals surface area contributed by atoms with Crippen LogP contribution in [0.3, 0.4) is 0 Å². The molecule has 0 N–H and O–H groups in total. The lowest BCUT2D eigenvalue weighted by Crippen LogP contribution is -2.21. The van der Waals surface area contributed by atoms with E-state index < -0.39 is 0 Å². The lowest BCUT2D eigenvalue weighted by Gasteiger charge is -2.22. The van der Waals surface area contributed by atoms with Crippen LogP contribution in [-0.2, 0) is 4.74 Å². The van der Waals surface area contributed by atoms with Crippen LogP contribution < -0.4 is 0 Å². The maximum absolute atomic E-state index is 10.9. The van der Waals surface area contributed by atoms with Gasteiger partial charge in [-0.05, 0) is 24.9 Å². The zero-order chi connectivity index (χ0) is 13.8. The molecule has 1 aliphatic rings. The predicted octanol–water partition coefficient (Wildman–Crippen LogP) is 2.82. The first kappa shape index (κ1) is 13.4. The quantitative estimate of drug-likeness (QED) is 0.481. The Morgan fingerprint density at radius 3 is 2.84 bits per heavy atom. The molecule has 6 nitrogen and oxygen atoms in total. The monoisotopic (exact) mass is 279 g/mol. The molecule has 1 heterocycles. The summed E-state index contributed by atoms with van der Waals surface area (Å²) in [6.07, 6.45) is 1.62. The third-order valence-electron chi connectivity index (χ3n) is 2.53. The van der Waals surface area contributed by atoms with E-state index in [4.69, 9.17) is 4.74 Å². The molecule has 100 valence electrons. The van der Waals surface area contributed by atoms with Crippen LogP contribution in [0, 0.1) is 10.1 Å². The number of nitro benzene ring substituents is 1. The van der Waals surface area contributed by atoms with E-state index in [0.717, 1.165) is 5.57 Å². The van der Waals surface area contributed by atoms with E-state index in [9.17, 15) is 10.1 Å². The van der Waals surface area contributed by atoms with Gasteiger partial charge in [-0.15, -0.1) is 0 Å². The van der Waals surface area contributed by atoms with Gasteiger partial charge in [0, 0.05) is 11.6 Å². The minimum Gasteiger partial charge on any atom is -0.481 e. The van der Waals surface area contributed by atoms with Crippen molar-refractivity contribution in [1.82, 2.24) is 4.31 Å². The Bertz CT molecular complexity index is 557. The molecule has 0 unspecified atom stereocenters. The van der Waals surface area contributed by atoms with Gasteiger partial charge in [0.2, 0.25) is 5.88 Å². The van der Waals surface area contributed by atoms with E-state index in [-0.39, 0.29) is 10.6 Å². The van der Waals surface area contributed by atoms with E-state index in [1.165, 1.54) is 18.0 Å². The maximum atomic E-state index is 10.9. The van der Waals surface area contributed by atoms with E-state index in [2.05, 4.69) is 4.99 Å². The standard InChI is InChI=1S/C12H13N3O3S/c1-9-7-14(8-13-12(9)18-2)19-11-6-4-3-5-10(11)15(16)17/h3-6,8H,7H2,1-2H3. The fourth-order valence-electron chi connectivity index (χ4n) is 1.66. The zero-order valence-electron chi connectivity index (χ0n) is 10.6. The Hall–Kier alpha value is -2.02. The Balaban J connectivity index is 2.14. The largest absolute Gasteiger partial charge is 0.481 e. The second kappa shape index (κ2) is 5.75. The van der Waals surface area contributed by atoms with Crippen LogP contribution in [0.15, 0.2) is 45.6 Å². The molecular weight excluding hydrogens is 266 g/mol. The average molecular weight is 279 g/mol. The first-order valence-corrected chi connectivity index (χ1v) is 6.35. The fourth-order valence-corrected chi connectivity index (χ4v) is 2.64. The summed E-state index contributed by atoms with van der Waals surface area (Å²) in [6.45, 7) is 2.53. The molecular formula is C12H13N3O3S. The molecule has 0 saturated heterocycles. The summed E-state index contributed by atoms with van der Waals surface area (Å²) in [6, 6.07) is 6.65. The molecule has 0 bridgehead atoms. The molecule has 1 aromatic rings. The summed E-state index contributed by atoms with van der Waals surface area (Å²) in [5.74, 6) is 0.597. The van der Waals surface area contributed by atoms with Crippen LogP contribution >= 0.6 is 11.9 Å². The lowest BCUT2D eigenvalue weighted by atomic mass is 10.3. The summed E-state index contributed by atoms with van der Waals surface area (Å²) < 4.78 is 6.93. The Kier molecular flexibility index (Phi) is 4.06. The highest BCUT2D eigenvalue weighted by Crippen LogP contribution is 2.32. The average Bonchev–Trinajstić information content (AvgIpc) is 2.39. The number of hydrogen-bond acceptors (Lipinski definition) is 6. The maximum Gasteiger partial charge on any atom is 0.284 e. The first-order valence-electron chi connectivity index (χ1n) is 5.57. The number of para-hydroxylation sites is 1. The van der Waals surface area contributed by atoms with Crippen molar-refractivity contribution in [2.45, 2.75) is 11.8 Å². The molecule has 0 aliphatic carbocycles. The van der Waals surface area contributed by atoms with Crippen molar-refractivity contribution >= 4 is 24.0 Å². The molecule has 1 aromatic carbocycles. The van der Waals surface area contributed by atoms with Gasteiger partial charge in [0.15, 0.2) is 0 Å². The molecule has 0 atom stereocenters. The van der Waals surface area contributed by atoms with Crippen molar-refractivity contribution in [1.29, 1.82) is 0 Å². The third-order valence-corrected chi connectivity index (χ3v) is 3.53. The molecule has 19 heavy (non-hydrogen) atoms. The topological polar surface area (TPSA) is 68.0 Å². The van der Waals surface area contributed by atoms with Crippen LogP contribution in [0.2, 0.25) is 0 Å². The minimum atomic E-state index is -0.382. The summed E-state index contributed by atoms with van der Waals surface area (Å²) in [7, 11) is 1.57. The van der Waals surface area contributed by atoms with Gasteiger partial charge in [-0.25, -0.2) is 4.99 Å². The van der Waals surface area contributed by atoms with Gasteiger partial charge < -0.3 is 4.74 Å². The van der Waals surface area contributed by atoms with Crippen LogP contribution in [-0.4, -0.2) is 29.2 Å². The van der Waals surface area contributed by atoms with E-state index in [1.807, 2.05) is 11.2 Å². The van der Waals surface area contributed by atoms with Gasteiger partial charge >= 0.3 is 0 Å². The fraction of sp³-hybridized carbons (Fsp3) is 0.250. The van der Waals surface area contributed by atoms with Crippen molar-refractivity contribution < 1.29 is 9.66 Å². The molecule has 1 aliphatic heterocycles. The molecule has 0 spiro atoms. The second-order valence-electron chi connectivity index (χ2n) is 3.93. The highest BCUT2D eigenvalue weighted by atomic mass is 32.2. The lowest BCUT2D eigenvalue weighted by molar-refractivity contribution is -0.387. The van der Waals surface area contributed by atoms with E-state index >= 15 is 0 Å². The number of ether oxygens (including phenoxy) is 1. The van der Waals surface area contributed by atoms with Gasteiger partial charge in [0.05, 0.1) is 18.6 Å². The molecule has 7 heteroatoms. The zero-order valence-corrected chi connectivity index (χ0v) is 11.4. The normalized spacial score (nSPS) is 14.7. The second-order valence-corrected chi connectivity index (χ2v) is 5.02.